The lowest BCUT2D eigenvalue weighted by atomic mass is 10.0. The summed E-state index contributed by atoms with van der Waals surface area (Å²) in [6.45, 7) is 1.83. The van der Waals surface area contributed by atoms with Crippen LogP contribution in [0.25, 0.3) is 0 Å². The maximum absolute atomic E-state index is 13.4. The molecular weight excluding hydrogens is 432 g/mol. The predicted molar refractivity (Wildman–Crippen MR) is 127 cm³/mol. The Kier molecular flexibility index (Phi) is 5.79. The number of ether oxygens (including phenoxy) is 2. The SMILES string of the molecule is COc1cccc(Nc2ncccc2C(=O)N2CC[C@]3(CN(Cc4ccccc4)C(=O)O3)C2)c1. The van der Waals surface area contributed by atoms with Crippen LogP contribution in [-0.2, 0) is 11.3 Å². The summed E-state index contributed by atoms with van der Waals surface area (Å²) in [5.41, 5.74) is 1.61. The highest BCUT2D eigenvalue weighted by Crippen LogP contribution is 2.34. The van der Waals surface area contributed by atoms with E-state index in [0.717, 1.165) is 11.3 Å². The number of aromatic nitrogens is 1. The number of likely N-dealkylation sites (tertiary alicyclic amines) is 1. The van der Waals surface area contributed by atoms with Gasteiger partial charge in [-0.25, -0.2) is 9.78 Å². The monoisotopic (exact) mass is 458 g/mol. The molecule has 0 saturated carbocycles. The highest BCUT2D eigenvalue weighted by molar-refractivity contribution is 5.99. The maximum Gasteiger partial charge on any atom is 0.410 e. The molecular formula is C26H26N4O4. The van der Waals surface area contributed by atoms with Gasteiger partial charge < -0.3 is 19.7 Å². The Morgan fingerprint density at radius 3 is 2.79 bits per heavy atom. The molecule has 3 aromatic rings. The molecule has 5 rings (SSSR count). The molecule has 2 saturated heterocycles. The van der Waals surface area contributed by atoms with Crippen LogP contribution >= 0.6 is 0 Å². The molecule has 1 spiro atoms. The van der Waals surface area contributed by atoms with Gasteiger partial charge in [-0.05, 0) is 29.8 Å². The summed E-state index contributed by atoms with van der Waals surface area (Å²) in [4.78, 5) is 33.9. The molecule has 0 aliphatic carbocycles. The van der Waals surface area contributed by atoms with Crippen molar-refractivity contribution in [1.82, 2.24) is 14.8 Å². The Labute approximate surface area is 198 Å². The molecule has 8 nitrogen and oxygen atoms in total. The number of nitrogens with one attached hydrogen (secondary N) is 1. The highest BCUT2D eigenvalue weighted by Gasteiger charge is 2.50. The van der Waals surface area contributed by atoms with Crippen molar-refractivity contribution in [2.24, 2.45) is 0 Å². The summed E-state index contributed by atoms with van der Waals surface area (Å²) in [5.74, 6) is 1.03. The lowest BCUT2D eigenvalue weighted by Gasteiger charge is -2.23. The summed E-state index contributed by atoms with van der Waals surface area (Å²) in [5, 5.41) is 3.22. The highest BCUT2D eigenvalue weighted by atomic mass is 16.6. The van der Waals surface area contributed by atoms with Crippen LogP contribution in [0.4, 0.5) is 16.3 Å². The number of anilines is 2. The molecule has 3 heterocycles. The van der Waals surface area contributed by atoms with Crippen molar-refractivity contribution in [3.8, 4) is 5.75 Å². The van der Waals surface area contributed by atoms with Crippen molar-refractivity contribution >= 4 is 23.5 Å². The minimum atomic E-state index is -0.676. The van der Waals surface area contributed by atoms with Gasteiger partial charge in [0.25, 0.3) is 5.91 Å². The van der Waals surface area contributed by atoms with Crippen LogP contribution in [0, 0.1) is 0 Å². The number of rotatable bonds is 6. The first-order valence-electron chi connectivity index (χ1n) is 11.2. The first-order chi connectivity index (χ1) is 16.5. The Bertz CT molecular complexity index is 1200. The quantitative estimate of drug-likeness (QED) is 0.600. The molecule has 2 fully saturated rings. The second kappa shape index (κ2) is 9.05. The Balaban J connectivity index is 1.29. The molecule has 174 valence electrons. The molecule has 2 aliphatic rings. The van der Waals surface area contributed by atoms with Crippen LogP contribution in [-0.4, -0.2) is 59.1 Å². The third-order valence-corrected chi connectivity index (χ3v) is 6.23. The number of hydrogen-bond acceptors (Lipinski definition) is 6. The van der Waals surface area contributed by atoms with E-state index in [2.05, 4.69) is 10.3 Å². The molecule has 2 aromatic carbocycles. The second-order valence-corrected chi connectivity index (χ2v) is 8.63. The molecule has 1 N–H and O–H groups in total. The zero-order valence-electron chi connectivity index (χ0n) is 18.9. The number of amides is 2. The van der Waals surface area contributed by atoms with Crippen LogP contribution in [0.15, 0.2) is 72.9 Å². The Hall–Kier alpha value is -4.07. The third kappa shape index (κ3) is 4.39. The Morgan fingerprint density at radius 2 is 1.97 bits per heavy atom. The number of hydrogen-bond donors (Lipinski definition) is 1. The van der Waals surface area contributed by atoms with Gasteiger partial charge in [0, 0.05) is 37.5 Å². The molecule has 0 bridgehead atoms. The number of pyridine rings is 1. The van der Waals surface area contributed by atoms with Gasteiger partial charge in [0.2, 0.25) is 0 Å². The van der Waals surface area contributed by atoms with E-state index in [4.69, 9.17) is 9.47 Å². The second-order valence-electron chi connectivity index (χ2n) is 8.63. The normalized spacial score (nSPS) is 19.4. The van der Waals surface area contributed by atoms with Crippen molar-refractivity contribution in [2.75, 3.05) is 32.1 Å². The van der Waals surface area contributed by atoms with Crippen LogP contribution in [0.2, 0.25) is 0 Å². The van der Waals surface area contributed by atoms with Crippen molar-refractivity contribution in [3.05, 3.63) is 84.1 Å². The van der Waals surface area contributed by atoms with Crippen molar-refractivity contribution in [1.29, 1.82) is 0 Å². The van der Waals surface area contributed by atoms with E-state index in [1.807, 2.05) is 54.6 Å². The fourth-order valence-corrected chi connectivity index (χ4v) is 4.53. The van der Waals surface area contributed by atoms with Crippen LogP contribution in [0.1, 0.15) is 22.3 Å². The molecule has 2 aliphatic heterocycles. The van der Waals surface area contributed by atoms with E-state index in [1.165, 1.54) is 0 Å². The Morgan fingerprint density at radius 1 is 1.12 bits per heavy atom. The van der Waals surface area contributed by atoms with Crippen molar-refractivity contribution < 1.29 is 19.1 Å². The van der Waals surface area contributed by atoms with Gasteiger partial charge in [-0.1, -0.05) is 36.4 Å². The first-order valence-corrected chi connectivity index (χ1v) is 11.2. The van der Waals surface area contributed by atoms with E-state index in [0.29, 0.717) is 49.7 Å². The molecule has 8 heteroatoms. The van der Waals surface area contributed by atoms with E-state index >= 15 is 0 Å². The van der Waals surface area contributed by atoms with E-state index in [1.54, 1.807) is 35.2 Å². The summed E-state index contributed by atoms with van der Waals surface area (Å²) in [6.07, 6.45) is 1.92. The minimum absolute atomic E-state index is 0.145. The van der Waals surface area contributed by atoms with Crippen LogP contribution in [0.3, 0.4) is 0 Å². The van der Waals surface area contributed by atoms with Gasteiger partial charge in [0.1, 0.15) is 11.6 Å². The average molecular weight is 459 g/mol. The third-order valence-electron chi connectivity index (χ3n) is 6.23. The largest absolute Gasteiger partial charge is 0.497 e. The average Bonchev–Trinajstić information content (AvgIpc) is 3.41. The summed E-state index contributed by atoms with van der Waals surface area (Å²) in [7, 11) is 1.61. The van der Waals surface area contributed by atoms with Gasteiger partial charge in [0.15, 0.2) is 5.60 Å². The number of nitrogens with zero attached hydrogens (tertiary/aromatic N) is 3. The van der Waals surface area contributed by atoms with Crippen molar-refractivity contribution in [2.45, 2.75) is 18.6 Å². The van der Waals surface area contributed by atoms with Gasteiger partial charge in [-0.2, -0.15) is 0 Å². The maximum atomic E-state index is 13.4. The van der Waals surface area contributed by atoms with E-state index in [9.17, 15) is 9.59 Å². The smallest absolute Gasteiger partial charge is 0.410 e. The molecule has 0 unspecified atom stereocenters. The fourth-order valence-electron chi connectivity index (χ4n) is 4.53. The van der Waals surface area contributed by atoms with E-state index < -0.39 is 5.60 Å². The molecule has 1 aromatic heterocycles. The molecule has 2 amide bonds. The molecule has 34 heavy (non-hydrogen) atoms. The summed E-state index contributed by atoms with van der Waals surface area (Å²) < 4.78 is 11.1. The van der Waals surface area contributed by atoms with Gasteiger partial charge in [0.05, 0.1) is 25.8 Å². The molecule has 1 atom stereocenters. The van der Waals surface area contributed by atoms with Gasteiger partial charge >= 0.3 is 6.09 Å². The summed E-state index contributed by atoms with van der Waals surface area (Å²) in [6, 6.07) is 20.8. The minimum Gasteiger partial charge on any atom is -0.497 e. The fraction of sp³-hybridized carbons (Fsp3) is 0.269. The zero-order chi connectivity index (χ0) is 23.5. The number of carbonyl (C=O) groups excluding carboxylic acids is 2. The summed E-state index contributed by atoms with van der Waals surface area (Å²) >= 11 is 0. The van der Waals surface area contributed by atoms with E-state index in [-0.39, 0.29) is 12.0 Å². The van der Waals surface area contributed by atoms with Crippen LogP contribution in [0.5, 0.6) is 5.75 Å². The first kappa shape index (κ1) is 21.8. The lowest BCUT2D eigenvalue weighted by molar-refractivity contribution is 0.0553. The standard InChI is InChI=1S/C26H26N4O4/c1-33-21-10-5-9-20(15-21)28-23-22(11-6-13-27-23)24(31)29-14-12-26(17-29)18-30(25(32)34-26)16-19-7-3-2-4-8-19/h2-11,13,15H,12,14,16-18H2,1H3,(H,27,28)/t26-/m1/s1. The van der Waals surface area contributed by atoms with Crippen molar-refractivity contribution in [3.63, 3.8) is 0 Å². The molecule has 0 radical (unpaired) electrons. The number of carbonyl (C=O) groups is 2. The lowest BCUT2D eigenvalue weighted by Crippen LogP contribution is -2.39. The van der Waals surface area contributed by atoms with Crippen LogP contribution < -0.4 is 10.1 Å². The zero-order valence-corrected chi connectivity index (χ0v) is 18.9. The number of methoxy groups -OCH3 is 1. The van der Waals surface area contributed by atoms with Gasteiger partial charge in [-0.3, -0.25) is 9.69 Å². The number of benzene rings is 2. The predicted octanol–water partition coefficient (Wildman–Crippen LogP) is 4.07. The van der Waals surface area contributed by atoms with Gasteiger partial charge in [-0.15, -0.1) is 0 Å². The topological polar surface area (TPSA) is 84.0 Å².